The number of carbonyl (C=O) groups excluding carboxylic acids is 2. The molecule has 0 radical (unpaired) electrons. The number of esters is 1. The largest absolute Gasteiger partial charge is 0.465 e. The van der Waals surface area contributed by atoms with Crippen molar-refractivity contribution in [2.24, 2.45) is 0 Å². The molecule has 104 valence electrons. The fourth-order valence-corrected chi connectivity index (χ4v) is 1.95. The minimum atomic E-state index is -3.28. The van der Waals surface area contributed by atoms with Crippen LogP contribution in [0.3, 0.4) is 0 Å². The van der Waals surface area contributed by atoms with Crippen LogP contribution in [0.15, 0.2) is 29.2 Å². The molecule has 0 unspecified atom stereocenters. The van der Waals surface area contributed by atoms with E-state index < -0.39 is 21.7 Å². The maximum Gasteiger partial charge on any atom is 0.325 e. The van der Waals surface area contributed by atoms with Gasteiger partial charge in [0.2, 0.25) is 0 Å². The molecule has 19 heavy (non-hydrogen) atoms. The Morgan fingerprint density at radius 3 is 2.26 bits per heavy atom. The Morgan fingerprint density at radius 1 is 1.21 bits per heavy atom. The molecule has 0 saturated heterocycles. The van der Waals surface area contributed by atoms with Crippen LogP contribution in [-0.2, 0) is 19.4 Å². The molecule has 1 rings (SSSR count). The Kier molecular flexibility index (Phi) is 5.05. The van der Waals surface area contributed by atoms with Crippen molar-refractivity contribution in [3.05, 3.63) is 29.8 Å². The van der Waals surface area contributed by atoms with Gasteiger partial charge in [-0.05, 0) is 31.2 Å². The molecule has 7 heteroatoms. The van der Waals surface area contributed by atoms with Crippen LogP contribution in [0.5, 0.6) is 0 Å². The molecule has 6 nitrogen and oxygen atoms in total. The standard InChI is InChI=1S/C12H15NO5S/c1-3-18-11(14)8-13-12(15)9-4-6-10(7-5-9)19(2,16)17/h4-7H,3,8H2,1-2H3,(H,13,15). The van der Waals surface area contributed by atoms with Crippen molar-refractivity contribution in [1.29, 1.82) is 0 Å². The zero-order chi connectivity index (χ0) is 14.5. The van der Waals surface area contributed by atoms with E-state index in [0.29, 0.717) is 0 Å². The molecule has 0 aliphatic heterocycles. The van der Waals surface area contributed by atoms with Gasteiger partial charge in [0.1, 0.15) is 6.54 Å². The molecule has 0 fully saturated rings. The van der Waals surface area contributed by atoms with E-state index in [1.54, 1.807) is 6.92 Å². The van der Waals surface area contributed by atoms with Gasteiger partial charge in [-0.3, -0.25) is 9.59 Å². The van der Waals surface area contributed by atoms with Crippen molar-refractivity contribution in [2.75, 3.05) is 19.4 Å². The van der Waals surface area contributed by atoms with Gasteiger partial charge >= 0.3 is 5.97 Å². The fourth-order valence-electron chi connectivity index (χ4n) is 1.32. The molecule has 0 aliphatic carbocycles. The van der Waals surface area contributed by atoms with Gasteiger partial charge in [-0.1, -0.05) is 0 Å². The van der Waals surface area contributed by atoms with Gasteiger partial charge in [0.15, 0.2) is 9.84 Å². The summed E-state index contributed by atoms with van der Waals surface area (Å²) in [5.41, 5.74) is 0.275. The molecule has 1 aromatic carbocycles. The quantitative estimate of drug-likeness (QED) is 0.790. The van der Waals surface area contributed by atoms with Gasteiger partial charge in [-0.2, -0.15) is 0 Å². The lowest BCUT2D eigenvalue weighted by Crippen LogP contribution is -2.30. The van der Waals surface area contributed by atoms with Crippen LogP contribution in [0.2, 0.25) is 0 Å². The third kappa shape index (κ3) is 4.70. The van der Waals surface area contributed by atoms with E-state index in [1.807, 2.05) is 0 Å². The molecule has 0 heterocycles. The van der Waals surface area contributed by atoms with Gasteiger partial charge in [0.25, 0.3) is 5.91 Å². The molecular formula is C12H15NO5S. The van der Waals surface area contributed by atoms with Crippen LogP contribution in [0.25, 0.3) is 0 Å². The van der Waals surface area contributed by atoms with E-state index in [1.165, 1.54) is 24.3 Å². The van der Waals surface area contributed by atoms with E-state index in [4.69, 9.17) is 0 Å². The smallest absolute Gasteiger partial charge is 0.325 e. The molecule has 0 aromatic heterocycles. The second kappa shape index (κ2) is 6.33. The summed E-state index contributed by atoms with van der Waals surface area (Å²) in [4.78, 5) is 22.8. The average molecular weight is 285 g/mol. The van der Waals surface area contributed by atoms with E-state index >= 15 is 0 Å². The van der Waals surface area contributed by atoms with Crippen molar-refractivity contribution in [2.45, 2.75) is 11.8 Å². The molecule has 0 saturated carbocycles. The number of sulfone groups is 1. The van der Waals surface area contributed by atoms with Crippen LogP contribution in [-0.4, -0.2) is 39.7 Å². The van der Waals surface area contributed by atoms with Crippen LogP contribution in [0, 0.1) is 0 Å². The molecule has 0 bridgehead atoms. The second-order valence-corrected chi connectivity index (χ2v) is 5.80. The highest BCUT2D eigenvalue weighted by Gasteiger charge is 2.11. The van der Waals surface area contributed by atoms with Gasteiger partial charge in [0.05, 0.1) is 11.5 Å². The Bertz CT molecular complexity index is 562. The number of benzene rings is 1. The van der Waals surface area contributed by atoms with Crippen LogP contribution in [0.1, 0.15) is 17.3 Å². The van der Waals surface area contributed by atoms with Crippen LogP contribution >= 0.6 is 0 Å². The summed E-state index contributed by atoms with van der Waals surface area (Å²) in [5, 5.41) is 2.38. The Hall–Kier alpha value is -1.89. The van der Waals surface area contributed by atoms with Crippen molar-refractivity contribution in [1.82, 2.24) is 5.32 Å². The highest BCUT2D eigenvalue weighted by molar-refractivity contribution is 7.90. The molecule has 0 atom stereocenters. The van der Waals surface area contributed by atoms with Crippen LogP contribution < -0.4 is 5.32 Å². The van der Waals surface area contributed by atoms with Gasteiger partial charge in [-0.25, -0.2) is 8.42 Å². The van der Waals surface area contributed by atoms with Crippen molar-refractivity contribution in [3.63, 3.8) is 0 Å². The predicted octanol–water partition coefficient (Wildman–Crippen LogP) is 0.383. The third-order valence-electron chi connectivity index (χ3n) is 2.24. The number of hydrogen-bond donors (Lipinski definition) is 1. The summed E-state index contributed by atoms with van der Waals surface area (Å²) in [6, 6.07) is 5.46. The highest BCUT2D eigenvalue weighted by atomic mass is 32.2. The molecule has 1 aromatic rings. The summed E-state index contributed by atoms with van der Waals surface area (Å²) in [6.07, 6.45) is 1.09. The summed E-state index contributed by atoms with van der Waals surface area (Å²) < 4.78 is 27.1. The lowest BCUT2D eigenvalue weighted by molar-refractivity contribution is -0.141. The first kappa shape index (κ1) is 15.2. The predicted molar refractivity (Wildman–Crippen MR) is 68.5 cm³/mol. The zero-order valence-electron chi connectivity index (χ0n) is 10.7. The zero-order valence-corrected chi connectivity index (χ0v) is 11.5. The van der Waals surface area contributed by atoms with Crippen LogP contribution in [0.4, 0.5) is 0 Å². The van der Waals surface area contributed by atoms with E-state index in [-0.39, 0.29) is 23.6 Å². The number of rotatable bonds is 5. The number of ether oxygens (including phenoxy) is 1. The monoisotopic (exact) mass is 285 g/mol. The lowest BCUT2D eigenvalue weighted by Gasteiger charge is -2.05. The number of amides is 1. The minimum Gasteiger partial charge on any atom is -0.465 e. The van der Waals surface area contributed by atoms with E-state index in [0.717, 1.165) is 6.26 Å². The first-order chi connectivity index (χ1) is 8.84. The topological polar surface area (TPSA) is 89.5 Å². The Labute approximate surface area is 111 Å². The summed E-state index contributed by atoms with van der Waals surface area (Å²) in [5.74, 6) is -0.989. The number of carbonyl (C=O) groups is 2. The average Bonchev–Trinajstić information content (AvgIpc) is 2.35. The Balaban J connectivity index is 2.66. The first-order valence-electron chi connectivity index (χ1n) is 5.58. The number of hydrogen-bond acceptors (Lipinski definition) is 5. The Morgan fingerprint density at radius 2 is 1.79 bits per heavy atom. The summed E-state index contributed by atoms with van der Waals surface area (Å²) >= 11 is 0. The summed E-state index contributed by atoms with van der Waals surface area (Å²) in [7, 11) is -3.28. The molecular weight excluding hydrogens is 270 g/mol. The molecule has 0 aliphatic rings. The minimum absolute atomic E-state index is 0.134. The van der Waals surface area contributed by atoms with E-state index in [2.05, 4.69) is 10.1 Å². The maximum absolute atomic E-state index is 11.6. The molecule has 0 spiro atoms. The van der Waals surface area contributed by atoms with Crippen molar-refractivity contribution < 1.29 is 22.7 Å². The fraction of sp³-hybridized carbons (Fsp3) is 0.333. The van der Waals surface area contributed by atoms with Crippen molar-refractivity contribution >= 4 is 21.7 Å². The van der Waals surface area contributed by atoms with E-state index in [9.17, 15) is 18.0 Å². The normalized spacial score (nSPS) is 10.8. The van der Waals surface area contributed by atoms with Gasteiger partial charge in [-0.15, -0.1) is 0 Å². The molecule has 1 amide bonds. The van der Waals surface area contributed by atoms with Crippen molar-refractivity contribution in [3.8, 4) is 0 Å². The van der Waals surface area contributed by atoms with Gasteiger partial charge in [0, 0.05) is 11.8 Å². The first-order valence-corrected chi connectivity index (χ1v) is 7.47. The summed E-state index contributed by atoms with van der Waals surface area (Å²) in [6.45, 7) is 1.70. The SMILES string of the molecule is CCOC(=O)CNC(=O)c1ccc(S(C)(=O)=O)cc1. The number of nitrogens with one attached hydrogen (secondary N) is 1. The van der Waals surface area contributed by atoms with Gasteiger partial charge < -0.3 is 10.1 Å². The molecule has 1 N–H and O–H groups in total. The third-order valence-corrected chi connectivity index (χ3v) is 3.37. The second-order valence-electron chi connectivity index (χ2n) is 3.78. The lowest BCUT2D eigenvalue weighted by atomic mass is 10.2. The maximum atomic E-state index is 11.6. The highest BCUT2D eigenvalue weighted by Crippen LogP contribution is 2.10.